The first-order valence-electron chi connectivity index (χ1n) is 8.17. The fourth-order valence-electron chi connectivity index (χ4n) is 3.38. The molecule has 4 heteroatoms. The molecule has 0 bridgehead atoms. The van der Waals surface area contributed by atoms with Gasteiger partial charge in [0.15, 0.2) is 5.75 Å². The Morgan fingerprint density at radius 3 is 2.67 bits per heavy atom. The lowest BCUT2D eigenvalue weighted by Gasteiger charge is -2.26. The van der Waals surface area contributed by atoms with Crippen LogP contribution in [0.2, 0.25) is 0 Å². The van der Waals surface area contributed by atoms with Crippen molar-refractivity contribution in [3.05, 3.63) is 27.7 Å². The Morgan fingerprint density at radius 1 is 1.38 bits per heavy atom. The molecule has 0 radical (unpaired) electrons. The van der Waals surface area contributed by atoms with Crippen LogP contribution in [0.5, 0.6) is 5.75 Å². The molecule has 0 spiro atoms. The van der Waals surface area contributed by atoms with Crippen LogP contribution in [-0.2, 0) is 6.54 Å². The van der Waals surface area contributed by atoms with Gasteiger partial charge in [0.2, 0.25) is 5.43 Å². The molecule has 0 aliphatic heterocycles. The molecule has 1 saturated carbocycles. The van der Waals surface area contributed by atoms with Gasteiger partial charge in [-0.15, -0.1) is 0 Å². The van der Waals surface area contributed by atoms with E-state index in [1.807, 2.05) is 6.92 Å². The van der Waals surface area contributed by atoms with Crippen LogP contribution in [0.25, 0.3) is 0 Å². The van der Waals surface area contributed by atoms with Gasteiger partial charge in [-0.05, 0) is 39.8 Å². The summed E-state index contributed by atoms with van der Waals surface area (Å²) in [7, 11) is 2.06. The van der Waals surface area contributed by atoms with Crippen molar-refractivity contribution in [2.45, 2.75) is 65.0 Å². The number of nitrogens with zero attached hydrogens (tertiary/aromatic N) is 2. The molecule has 21 heavy (non-hydrogen) atoms. The summed E-state index contributed by atoms with van der Waals surface area (Å²) in [6.07, 6.45) is 7.06. The average molecular weight is 292 g/mol. The van der Waals surface area contributed by atoms with Crippen molar-refractivity contribution >= 4 is 0 Å². The number of hydrogen-bond donors (Lipinski definition) is 1. The van der Waals surface area contributed by atoms with E-state index in [9.17, 15) is 9.90 Å². The van der Waals surface area contributed by atoms with Crippen LogP contribution in [0.1, 0.15) is 62.9 Å². The summed E-state index contributed by atoms with van der Waals surface area (Å²) in [6.45, 7) is 5.78. The van der Waals surface area contributed by atoms with Crippen LogP contribution >= 0.6 is 0 Å². The van der Waals surface area contributed by atoms with Crippen LogP contribution in [-0.4, -0.2) is 28.2 Å². The van der Waals surface area contributed by atoms with Crippen molar-refractivity contribution in [1.82, 2.24) is 9.47 Å². The lowest BCUT2D eigenvalue weighted by atomic mass is 10.1. The molecule has 1 aliphatic rings. The highest BCUT2D eigenvalue weighted by molar-refractivity contribution is 5.30. The fourth-order valence-corrected chi connectivity index (χ4v) is 3.38. The normalized spacial score (nSPS) is 16.0. The van der Waals surface area contributed by atoms with Gasteiger partial charge in [-0.3, -0.25) is 4.79 Å². The molecule has 0 saturated heterocycles. The lowest BCUT2D eigenvalue weighted by Crippen LogP contribution is -2.26. The molecule has 0 unspecified atom stereocenters. The Balaban J connectivity index is 2.34. The van der Waals surface area contributed by atoms with Gasteiger partial charge in [-0.2, -0.15) is 0 Å². The zero-order valence-corrected chi connectivity index (χ0v) is 13.6. The maximum atomic E-state index is 11.9. The van der Waals surface area contributed by atoms with E-state index < -0.39 is 0 Å². The van der Waals surface area contributed by atoms with E-state index in [0.717, 1.165) is 43.6 Å². The summed E-state index contributed by atoms with van der Waals surface area (Å²) < 4.78 is 2.21. The zero-order valence-electron chi connectivity index (χ0n) is 13.6. The second kappa shape index (κ2) is 7.12. The molecule has 1 aromatic rings. The first kappa shape index (κ1) is 16.1. The molecule has 1 heterocycles. The molecule has 0 atom stereocenters. The second-order valence-electron chi connectivity index (χ2n) is 6.34. The minimum atomic E-state index is -0.249. The summed E-state index contributed by atoms with van der Waals surface area (Å²) in [5, 5.41) is 10.3. The summed E-state index contributed by atoms with van der Waals surface area (Å²) >= 11 is 0. The molecule has 0 aromatic carbocycles. The van der Waals surface area contributed by atoms with Gasteiger partial charge in [0.1, 0.15) is 0 Å². The number of aryl methyl sites for hydroxylation is 1. The standard InChI is InChI=1S/C17H28N2O2/c1-4-5-10-18(3)12-15-17(21)16(20)11-13(2)19(15)14-8-6-7-9-14/h11,14,21H,4-10,12H2,1-3H3. The van der Waals surface area contributed by atoms with E-state index >= 15 is 0 Å². The minimum absolute atomic E-state index is 0.0594. The van der Waals surface area contributed by atoms with E-state index in [0.29, 0.717) is 12.6 Å². The Kier molecular flexibility index (Phi) is 5.45. The summed E-state index contributed by atoms with van der Waals surface area (Å²) in [4.78, 5) is 14.1. The van der Waals surface area contributed by atoms with Crippen LogP contribution < -0.4 is 5.43 Å². The van der Waals surface area contributed by atoms with Gasteiger partial charge in [0, 0.05) is 24.3 Å². The molecule has 1 aromatic heterocycles. The van der Waals surface area contributed by atoms with Crippen molar-refractivity contribution in [2.75, 3.05) is 13.6 Å². The molecule has 2 rings (SSSR count). The molecule has 118 valence electrons. The summed E-state index contributed by atoms with van der Waals surface area (Å²) in [5.74, 6) is -0.0594. The molecule has 1 fully saturated rings. The predicted octanol–water partition coefficient (Wildman–Crippen LogP) is 3.21. The van der Waals surface area contributed by atoms with Crippen molar-refractivity contribution in [1.29, 1.82) is 0 Å². The van der Waals surface area contributed by atoms with E-state index in [2.05, 4.69) is 23.4 Å². The third kappa shape index (κ3) is 3.67. The number of pyridine rings is 1. The monoisotopic (exact) mass is 292 g/mol. The molecule has 0 amide bonds. The van der Waals surface area contributed by atoms with Crippen molar-refractivity contribution < 1.29 is 5.11 Å². The number of aromatic nitrogens is 1. The first-order valence-corrected chi connectivity index (χ1v) is 8.17. The van der Waals surface area contributed by atoms with Gasteiger partial charge in [-0.25, -0.2) is 0 Å². The van der Waals surface area contributed by atoms with Crippen molar-refractivity contribution in [3.8, 4) is 5.75 Å². The van der Waals surface area contributed by atoms with Crippen LogP contribution in [0, 0.1) is 6.92 Å². The highest BCUT2D eigenvalue weighted by Gasteiger charge is 2.23. The third-order valence-corrected chi connectivity index (χ3v) is 4.52. The maximum absolute atomic E-state index is 11.9. The zero-order chi connectivity index (χ0) is 15.4. The Labute approximate surface area is 127 Å². The number of aromatic hydroxyl groups is 1. The van der Waals surface area contributed by atoms with E-state index in [-0.39, 0.29) is 11.2 Å². The quantitative estimate of drug-likeness (QED) is 0.875. The van der Waals surface area contributed by atoms with Gasteiger partial charge < -0.3 is 14.6 Å². The van der Waals surface area contributed by atoms with Gasteiger partial charge in [-0.1, -0.05) is 26.2 Å². The molecular weight excluding hydrogens is 264 g/mol. The highest BCUT2D eigenvalue weighted by Crippen LogP contribution is 2.33. The first-order chi connectivity index (χ1) is 10.0. The predicted molar refractivity (Wildman–Crippen MR) is 85.9 cm³/mol. The third-order valence-electron chi connectivity index (χ3n) is 4.52. The molecule has 1 N–H and O–H groups in total. The number of hydrogen-bond acceptors (Lipinski definition) is 3. The van der Waals surface area contributed by atoms with Gasteiger partial charge in [0.25, 0.3) is 0 Å². The minimum Gasteiger partial charge on any atom is -0.503 e. The van der Waals surface area contributed by atoms with Crippen molar-refractivity contribution in [2.24, 2.45) is 0 Å². The van der Waals surface area contributed by atoms with Crippen LogP contribution in [0.4, 0.5) is 0 Å². The fraction of sp³-hybridized carbons (Fsp3) is 0.706. The topological polar surface area (TPSA) is 45.5 Å². The largest absolute Gasteiger partial charge is 0.503 e. The van der Waals surface area contributed by atoms with Crippen molar-refractivity contribution in [3.63, 3.8) is 0 Å². The number of unbranched alkanes of at least 4 members (excludes halogenated alkanes) is 1. The Morgan fingerprint density at radius 2 is 2.05 bits per heavy atom. The second-order valence-corrected chi connectivity index (χ2v) is 6.34. The number of rotatable bonds is 6. The molecule has 4 nitrogen and oxygen atoms in total. The van der Waals surface area contributed by atoms with E-state index in [1.165, 1.54) is 12.8 Å². The highest BCUT2D eigenvalue weighted by atomic mass is 16.3. The molecular formula is C17H28N2O2. The maximum Gasteiger partial charge on any atom is 0.223 e. The molecule has 1 aliphatic carbocycles. The van der Waals surface area contributed by atoms with E-state index in [4.69, 9.17) is 0 Å². The lowest BCUT2D eigenvalue weighted by molar-refractivity contribution is 0.295. The van der Waals surface area contributed by atoms with Crippen LogP contribution in [0.3, 0.4) is 0 Å². The SMILES string of the molecule is CCCCN(C)Cc1c(O)c(=O)cc(C)n1C1CCCC1. The Bertz CT molecular complexity index is 530. The smallest absolute Gasteiger partial charge is 0.223 e. The summed E-state index contributed by atoms with van der Waals surface area (Å²) in [5.41, 5.74) is 1.52. The summed E-state index contributed by atoms with van der Waals surface area (Å²) in [6, 6.07) is 2.01. The average Bonchev–Trinajstić information content (AvgIpc) is 2.96. The van der Waals surface area contributed by atoms with Gasteiger partial charge >= 0.3 is 0 Å². The van der Waals surface area contributed by atoms with E-state index in [1.54, 1.807) is 6.07 Å². The van der Waals surface area contributed by atoms with Crippen LogP contribution in [0.15, 0.2) is 10.9 Å². The van der Waals surface area contributed by atoms with Gasteiger partial charge in [0.05, 0.1) is 5.69 Å². The Hall–Kier alpha value is -1.29.